The first-order chi connectivity index (χ1) is 11.1. The van der Waals surface area contributed by atoms with Crippen molar-refractivity contribution in [3.8, 4) is 0 Å². The molecule has 0 radical (unpaired) electrons. The molecule has 0 spiro atoms. The molecule has 2 aliphatic rings. The van der Waals surface area contributed by atoms with Gasteiger partial charge in [-0.15, -0.1) is 11.3 Å². The van der Waals surface area contributed by atoms with Crippen LogP contribution in [-0.2, 0) is 0 Å². The number of rotatable bonds is 3. The monoisotopic (exact) mass is 328 g/mol. The number of thiophene rings is 1. The van der Waals surface area contributed by atoms with Gasteiger partial charge in [-0.2, -0.15) is 0 Å². The molecule has 1 saturated carbocycles. The zero-order valence-electron chi connectivity index (χ0n) is 13.4. The Labute approximate surface area is 139 Å². The van der Waals surface area contributed by atoms with Crippen LogP contribution in [0.5, 0.6) is 0 Å². The summed E-state index contributed by atoms with van der Waals surface area (Å²) in [4.78, 5) is 24.3. The van der Waals surface area contributed by atoms with Crippen molar-refractivity contribution in [2.75, 3.05) is 18.4 Å². The zero-order valence-corrected chi connectivity index (χ0v) is 14.2. The lowest BCUT2D eigenvalue weighted by molar-refractivity contribution is 0.0791. The van der Waals surface area contributed by atoms with Gasteiger partial charge in [-0.05, 0) is 38.1 Å². The molecule has 23 heavy (non-hydrogen) atoms. The smallest absolute Gasteiger partial charge is 0.264 e. The van der Waals surface area contributed by atoms with E-state index >= 15 is 0 Å². The van der Waals surface area contributed by atoms with Crippen LogP contribution in [0.2, 0.25) is 0 Å². The zero-order chi connectivity index (χ0) is 16.0. The first-order valence-electron chi connectivity index (χ1n) is 7.99. The summed E-state index contributed by atoms with van der Waals surface area (Å²) < 4.78 is 0. The van der Waals surface area contributed by atoms with Crippen LogP contribution in [0.3, 0.4) is 0 Å². The Morgan fingerprint density at radius 1 is 1.43 bits per heavy atom. The number of hydrogen-bond donors (Lipinski definition) is 1. The van der Waals surface area contributed by atoms with E-state index in [2.05, 4.69) is 15.3 Å². The van der Waals surface area contributed by atoms with Crippen molar-refractivity contribution in [2.45, 2.75) is 32.2 Å². The summed E-state index contributed by atoms with van der Waals surface area (Å²) in [7, 11) is 0. The summed E-state index contributed by atoms with van der Waals surface area (Å²) in [6.07, 6.45) is 2.26. The van der Waals surface area contributed by atoms with Gasteiger partial charge in [-0.1, -0.05) is 6.07 Å². The Bertz CT molecular complexity index is 725. The Hall–Kier alpha value is -1.95. The maximum atomic E-state index is 12.6. The van der Waals surface area contributed by atoms with Crippen LogP contribution in [0.4, 0.5) is 5.82 Å². The van der Waals surface area contributed by atoms with Crippen LogP contribution in [0.15, 0.2) is 23.6 Å². The topological polar surface area (TPSA) is 58.1 Å². The second-order valence-corrected chi connectivity index (χ2v) is 7.57. The number of aryl methyl sites for hydroxylation is 2. The number of nitrogens with one attached hydrogen (secondary N) is 1. The number of likely N-dealkylation sites (tertiary alicyclic amines) is 1. The third kappa shape index (κ3) is 2.51. The Kier molecular flexibility index (Phi) is 3.37. The van der Waals surface area contributed by atoms with E-state index in [0.717, 1.165) is 41.7 Å². The first kappa shape index (κ1) is 14.6. The number of anilines is 1. The van der Waals surface area contributed by atoms with E-state index in [0.29, 0.717) is 5.92 Å². The number of carbonyl (C=O) groups is 1. The molecule has 1 aliphatic heterocycles. The van der Waals surface area contributed by atoms with E-state index < -0.39 is 0 Å². The van der Waals surface area contributed by atoms with E-state index in [1.165, 1.54) is 17.8 Å². The van der Waals surface area contributed by atoms with Gasteiger partial charge in [0.1, 0.15) is 11.6 Å². The molecule has 0 bridgehead atoms. The molecule has 2 aromatic rings. The van der Waals surface area contributed by atoms with Crippen molar-refractivity contribution in [1.82, 2.24) is 14.9 Å². The molecule has 0 aromatic carbocycles. The first-order valence-corrected chi connectivity index (χ1v) is 8.87. The van der Waals surface area contributed by atoms with Crippen LogP contribution in [0.25, 0.3) is 0 Å². The molecule has 6 heteroatoms. The second-order valence-electron chi connectivity index (χ2n) is 6.62. The third-order valence-electron chi connectivity index (χ3n) is 5.00. The number of amides is 1. The van der Waals surface area contributed by atoms with Crippen LogP contribution >= 0.6 is 11.3 Å². The number of carbonyl (C=O) groups excluding carboxylic acids is 1. The Morgan fingerprint density at radius 2 is 2.30 bits per heavy atom. The maximum absolute atomic E-state index is 12.6. The van der Waals surface area contributed by atoms with Crippen molar-refractivity contribution in [3.63, 3.8) is 0 Å². The highest BCUT2D eigenvalue weighted by molar-refractivity contribution is 7.12. The van der Waals surface area contributed by atoms with Gasteiger partial charge in [0.25, 0.3) is 5.91 Å². The minimum atomic E-state index is -0.0137. The van der Waals surface area contributed by atoms with Crippen molar-refractivity contribution in [3.05, 3.63) is 40.0 Å². The predicted octanol–water partition coefficient (Wildman–Crippen LogP) is 2.87. The summed E-state index contributed by atoms with van der Waals surface area (Å²) >= 11 is 1.52. The molecule has 4 rings (SSSR count). The average Bonchev–Trinajstić information content (AvgIpc) is 3.08. The van der Waals surface area contributed by atoms with Gasteiger partial charge >= 0.3 is 0 Å². The quantitative estimate of drug-likeness (QED) is 0.941. The van der Waals surface area contributed by atoms with Crippen LogP contribution < -0.4 is 5.32 Å². The van der Waals surface area contributed by atoms with Crippen LogP contribution in [0, 0.1) is 19.8 Å². The second kappa shape index (κ2) is 5.30. The normalized spacial score (nSPS) is 25.8. The molecule has 5 nitrogen and oxygen atoms in total. The number of hydrogen-bond acceptors (Lipinski definition) is 5. The molecule has 1 saturated heterocycles. The number of fused-ring (bicyclic) bond motifs is 1. The van der Waals surface area contributed by atoms with Crippen LogP contribution in [0.1, 0.15) is 34.0 Å². The summed E-state index contributed by atoms with van der Waals surface area (Å²) in [5, 5.41) is 5.58. The maximum Gasteiger partial charge on any atom is 0.264 e. The molecular formula is C17H20N4OS. The lowest BCUT2D eigenvalue weighted by atomic mass is 9.69. The molecule has 1 N–H and O–H groups in total. The van der Waals surface area contributed by atoms with Crippen LogP contribution in [-0.4, -0.2) is 39.4 Å². The van der Waals surface area contributed by atoms with Crippen molar-refractivity contribution in [2.24, 2.45) is 5.92 Å². The summed E-state index contributed by atoms with van der Waals surface area (Å²) in [6, 6.07) is 5.83. The standard InChI is InChI=1S/C17H20N4OS/c1-11-8-15(19-12(2)18-11)20-17-6-5-13(17)9-21(10-17)16(22)14-4-3-7-23-14/h3-4,7-8,13H,5-6,9-10H2,1-2H3,(H,18,19,20). The van der Waals surface area contributed by atoms with Gasteiger partial charge in [-0.25, -0.2) is 9.97 Å². The summed E-state index contributed by atoms with van der Waals surface area (Å²) in [5.41, 5.74) is 0.956. The average molecular weight is 328 g/mol. The minimum Gasteiger partial charge on any atom is -0.362 e. The highest BCUT2D eigenvalue weighted by Gasteiger charge is 2.54. The van der Waals surface area contributed by atoms with Gasteiger partial charge < -0.3 is 10.2 Å². The van der Waals surface area contributed by atoms with E-state index in [-0.39, 0.29) is 11.4 Å². The highest BCUT2D eigenvalue weighted by Crippen LogP contribution is 2.46. The molecule has 2 fully saturated rings. The molecule has 2 unspecified atom stereocenters. The Morgan fingerprint density at radius 3 is 2.96 bits per heavy atom. The molecule has 120 valence electrons. The molecular weight excluding hydrogens is 308 g/mol. The lowest BCUT2D eigenvalue weighted by Gasteiger charge is -2.44. The van der Waals surface area contributed by atoms with Gasteiger partial charge in [0, 0.05) is 30.8 Å². The lowest BCUT2D eigenvalue weighted by Crippen LogP contribution is -2.53. The fourth-order valence-corrected chi connectivity index (χ4v) is 4.48. The van der Waals surface area contributed by atoms with Crippen molar-refractivity contribution < 1.29 is 4.79 Å². The van der Waals surface area contributed by atoms with E-state index in [9.17, 15) is 4.79 Å². The molecule has 1 amide bonds. The third-order valence-corrected chi connectivity index (χ3v) is 5.85. The van der Waals surface area contributed by atoms with Crippen molar-refractivity contribution >= 4 is 23.1 Å². The Balaban J connectivity index is 1.54. The van der Waals surface area contributed by atoms with Gasteiger partial charge in [0.05, 0.1) is 10.4 Å². The van der Waals surface area contributed by atoms with E-state index in [1.54, 1.807) is 0 Å². The van der Waals surface area contributed by atoms with E-state index in [1.807, 2.05) is 42.3 Å². The van der Waals surface area contributed by atoms with E-state index in [4.69, 9.17) is 0 Å². The number of aromatic nitrogens is 2. The molecule has 3 heterocycles. The SMILES string of the molecule is Cc1cc(NC23CCC2CN(C(=O)c2cccs2)C3)nc(C)n1. The fourth-order valence-electron chi connectivity index (χ4n) is 3.79. The molecule has 2 atom stereocenters. The van der Waals surface area contributed by atoms with Gasteiger partial charge in [0.2, 0.25) is 0 Å². The predicted molar refractivity (Wildman–Crippen MR) is 90.8 cm³/mol. The summed E-state index contributed by atoms with van der Waals surface area (Å²) in [5.74, 6) is 2.34. The largest absolute Gasteiger partial charge is 0.362 e. The summed E-state index contributed by atoms with van der Waals surface area (Å²) in [6.45, 7) is 5.50. The highest BCUT2D eigenvalue weighted by atomic mass is 32.1. The fraction of sp³-hybridized carbons (Fsp3) is 0.471. The van der Waals surface area contributed by atoms with Crippen molar-refractivity contribution in [1.29, 1.82) is 0 Å². The number of nitrogens with zero attached hydrogens (tertiary/aromatic N) is 3. The minimum absolute atomic E-state index is 0.0137. The molecule has 1 aliphatic carbocycles. The van der Waals surface area contributed by atoms with Gasteiger partial charge in [0.15, 0.2) is 0 Å². The molecule has 2 aromatic heterocycles. The van der Waals surface area contributed by atoms with Gasteiger partial charge in [-0.3, -0.25) is 4.79 Å².